The van der Waals surface area contributed by atoms with E-state index in [-0.39, 0.29) is 4.90 Å². The normalized spacial score (nSPS) is 11.6. The van der Waals surface area contributed by atoms with Crippen LogP contribution >= 0.6 is 0 Å². The Morgan fingerprint density at radius 2 is 2.05 bits per heavy atom. The molecule has 0 saturated carbocycles. The minimum Gasteiger partial charge on any atom is -0.366 e. The fourth-order valence-electron chi connectivity index (χ4n) is 1.87. The average Bonchev–Trinajstić information content (AvgIpc) is 2.88. The van der Waals surface area contributed by atoms with Crippen LogP contribution in [0.5, 0.6) is 0 Å². The zero-order valence-corrected chi connectivity index (χ0v) is 10.9. The maximum Gasteiger partial charge on any atom is 0.267 e. The third-order valence-corrected chi connectivity index (χ3v) is 4.19. The molecule has 7 nitrogen and oxygen atoms in total. The van der Waals surface area contributed by atoms with Crippen LogP contribution in [0.3, 0.4) is 0 Å². The van der Waals surface area contributed by atoms with Crippen molar-refractivity contribution in [2.75, 3.05) is 4.72 Å². The molecule has 0 amide bonds. The molecule has 102 valence electrons. The van der Waals surface area contributed by atoms with E-state index in [2.05, 4.69) is 19.9 Å². The Hall–Kier alpha value is -2.61. The van der Waals surface area contributed by atoms with Crippen molar-refractivity contribution in [3.63, 3.8) is 0 Å². The average molecular weight is 290 g/mol. The number of nitrogens with one attached hydrogen (secondary N) is 3. The van der Waals surface area contributed by atoms with Crippen LogP contribution in [0.2, 0.25) is 0 Å². The summed E-state index contributed by atoms with van der Waals surface area (Å²) < 4.78 is 26.8. The first-order chi connectivity index (χ1) is 9.58. The summed E-state index contributed by atoms with van der Waals surface area (Å²) in [5.41, 5.74) is 0.488. The number of benzene rings is 1. The first-order valence-corrected chi connectivity index (χ1v) is 7.18. The zero-order chi connectivity index (χ0) is 14.2. The van der Waals surface area contributed by atoms with Crippen molar-refractivity contribution < 1.29 is 8.42 Å². The highest BCUT2D eigenvalue weighted by Crippen LogP contribution is 2.23. The monoisotopic (exact) mass is 290 g/mol. The van der Waals surface area contributed by atoms with E-state index in [9.17, 15) is 13.2 Å². The predicted molar refractivity (Wildman–Crippen MR) is 74.0 cm³/mol. The first kappa shape index (κ1) is 12.4. The molecule has 20 heavy (non-hydrogen) atoms. The van der Waals surface area contributed by atoms with Crippen molar-refractivity contribution in [1.29, 1.82) is 0 Å². The van der Waals surface area contributed by atoms with E-state index in [1.807, 2.05) is 0 Å². The number of aromatic amines is 2. The van der Waals surface area contributed by atoms with Crippen molar-refractivity contribution in [2.45, 2.75) is 4.90 Å². The fraction of sp³-hybridized carbons (Fsp3) is 0. The second kappa shape index (κ2) is 4.49. The van der Waals surface area contributed by atoms with Gasteiger partial charge in [0.15, 0.2) is 4.90 Å². The number of nitrogens with zero attached hydrogens (tertiary/aromatic N) is 1. The zero-order valence-electron chi connectivity index (χ0n) is 10.1. The van der Waals surface area contributed by atoms with Crippen LogP contribution in [0.1, 0.15) is 0 Å². The Balaban J connectivity index is 2.09. The molecule has 0 unspecified atom stereocenters. The maximum absolute atomic E-state index is 12.2. The van der Waals surface area contributed by atoms with Crippen LogP contribution in [-0.4, -0.2) is 23.6 Å². The van der Waals surface area contributed by atoms with Crippen molar-refractivity contribution >= 4 is 26.6 Å². The molecular weight excluding hydrogens is 280 g/mol. The van der Waals surface area contributed by atoms with Gasteiger partial charge < -0.3 is 4.98 Å². The molecule has 0 aliphatic carbocycles. The summed E-state index contributed by atoms with van der Waals surface area (Å²) in [4.78, 5) is 13.9. The van der Waals surface area contributed by atoms with Gasteiger partial charge in [0.1, 0.15) is 0 Å². The van der Waals surface area contributed by atoms with Gasteiger partial charge in [0.05, 0.1) is 17.4 Å². The predicted octanol–water partition coefficient (Wildman–Crippen LogP) is 1.05. The molecule has 2 aromatic heterocycles. The van der Waals surface area contributed by atoms with Gasteiger partial charge in [0.2, 0.25) is 5.43 Å². The lowest BCUT2D eigenvalue weighted by molar-refractivity contribution is 0.600. The number of aromatic nitrogens is 3. The molecule has 0 atom stereocenters. The summed E-state index contributed by atoms with van der Waals surface area (Å²) >= 11 is 0. The van der Waals surface area contributed by atoms with E-state index in [0.29, 0.717) is 16.6 Å². The lowest BCUT2D eigenvalue weighted by Gasteiger charge is -2.08. The molecule has 0 radical (unpaired) electrons. The number of pyridine rings is 1. The molecule has 0 saturated heterocycles. The molecule has 1 aromatic carbocycles. The Morgan fingerprint density at radius 3 is 2.85 bits per heavy atom. The number of fused-ring (bicyclic) bond motifs is 1. The minimum absolute atomic E-state index is 0.333. The van der Waals surface area contributed by atoms with Gasteiger partial charge in [-0.05, 0) is 12.1 Å². The number of rotatable bonds is 3. The molecule has 0 aliphatic rings. The van der Waals surface area contributed by atoms with E-state index < -0.39 is 15.5 Å². The summed E-state index contributed by atoms with van der Waals surface area (Å²) in [5.74, 6) is 0. The molecule has 0 fully saturated rings. The van der Waals surface area contributed by atoms with E-state index in [1.165, 1.54) is 12.4 Å². The Morgan fingerprint density at radius 1 is 1.20 bits per heavy atom. The summed E-state index contributed by atoms with van der Waals surface area (Å²) in [5, 5.41) is 7.23. The van der Waals surface area contributed by atoms with E-state index in [1.54, 1.807) is 18.2 Å². The highest BCUT2D eigenvalue weighted by molar-refractivity contribution is 7.92. The van der Waals surface area contributed by atoms with Crippen LogP contribution in [0.4, 0.5) is 5.69 Å². The van der Waals surface area contributed by atoms with Crippen LogP contribution in [-0.2, 0) is 10.0 Å². The molecule has 0 spiro atoms. The summed E-state index contributed by atoms with van der Waals surface area (Å²) in [6, 6.07) is 6.22. The third kappa shape index (κ3) is 2.05. The minimum atomic E-state index is -3.95. The number of hydrogen-bond acceptors (Lipinski definition) is 4. The van der Waals surface area contributed by atoms with Crippen LogP contribution in [0, 0.1) is 0 Å². The van der Waals surface area contributed by atoms with Gasteiger partial charge in [0.25, 0.3) is 10.0 Å². The standard InChI is InChI=1S/C12H10N4O3S/c17-11-4-5-13-7-12(11)20(18,19)16-10-3-1-2-9-8(10)6-14-15-9/h1-7,16H,(H,13,17)(H,14,15). The van der Waals surface area contributed by atoms with Gasteiger partial charge in [-0.15, -0.1) is 0 Å². The highest BCUT2D eigenvalue weighted by Gasteiger charge is 2.18. The molecular formula is C12H10N4O3S. The second-order valence-electron chi connectivity index (χ2n) is 4.12. The number of H-pyrrole nitrogens is 2. The van der Waals surface area contributed by atoms with Gasteiger partial charge in [-0.3, -0.25) is 14.6 Å². The second-order valence-corrected chi connectivity index (χ2v) is 5.77. The lowest BCUT2D eigenvalue weighted by Crippen LogP contribution is -2.20. The summed E-state index contributed by atoms with van der Waals surface area (Å²) in [6.07, 6.45) is 4.04. The maximum atomic E-state index is 12.2. The number of sulfonamides is 1. The largest absolute Gasteiger partial charge is 0.366 e. The summed E-state index contributed by atoms with van der Waals surface area (Å²) in [7, 11) is -3.95. The molecule has 2 heterocycles. The molecule has 3 rings (SSSR count). The van der Waals surface area contributed by atoms with E-state index >= 15 is 0 Å². The number of anilines is 1. The van der Waals surface area contributed by atoms with Crippen LogP contribution in [0.25, 0.3) is 10.9 Å². The Kier molecular flexibility index (Phi) is 2.79. The Labute approximate surface area is 113 Å². The van der Waals surface area contributed by atoms with E-state index in [4.69, 9.17) is 0 Å². The van der Waals surface area contributed by atoms with Gasteiger partial charge in [-0.25, -0.2) is 8.42 Å². The number of hydrogen-bond donors (Lipinski definition) is 3. The van der Waals surface area contributed by atoms with Crippen molar-refractivity contribution in [3.8, 4) is 0 Å². The van der Waals surface area contributed by atoms with Gasteiger partial charge >= 0.3 is 0 Å². The lowest BCUT2D eigenvalue weighted by atomic mass is 10.2. The van der Waals surface area contributed by atoms with E-state index in [0.717, 1.165) is 12.3 Å². The van der Waals surface area contributed by atoms with Crippen molar-refractivity contribution in [3.05, 3.63) is 53.1 Å². The molecule has 3 aromatic rings. The molecule has 0 aliphatic heterocycles. The van der Waals surface area contributed by atoms with Crippen LogP contribution in [0.15, 0.2) is 52.5 Å². The third-order valence-electron chi connectivity index (χ3n) is 2.81. The molecule has 8 heteroatoms. The summed E-state index contributed by atoms with van der Waals surface area (Å²) in [6.45, 7) is 0. The quantitative estimate of drug-likeness (QED) is 0.670. The first-order valence-electron chi connectivity index (χ1n) is 5.70. The Bertz CT molecular complexity index is 927. The molecule has 3 N–H and O–H groups in total. The van der Waals surface area contributed by atoms with Crippen molar-refractivity contribution in [2.24, 2.45) is 0 Å². The van der Waals surface area contributed by atoms with Crippen LogP contribution < -0.4 is 10.2 Å². The fourth-order valence-corrected chi connectivity index (χ4v) is 3.00. The van der Waals surface area contributed by atoms with Gasteiger partial charge in [-0.2, -0.15) is 5.10 Å². The van der Waals surface area contributed by atoms with Crippen molar-refractivity contribution in [1.82, 2.24) is 15.2 Å². The topological polar surface area (TPSA) is 108 Å². The SMILES string of the molecule is O=c1cc[nH]cc1S(=O)(=O)Nc1cccc2[nH]ncc12. The molecule has 0 bridgehead atoms. The highest BCUT2D eigenvalue weighted by atomic mass is 32.2. The van der Waals surface area contributed by atoms with Gasteiger partial charge in [-0.1, -0.05) is 6.07 Å². The smallest absolute Gasteiger partial charge is 0.267 e. The van der Waals surface area contributed by atoms with Gasteiger partial charge in [0, 0.05) is 23.8 Å².